The van der Waals surface area contributed by atoms with Gasteiger partial charge in [-0.15, -0.1) is 5.10 Å². The maximum absolute atomic E-state index is 12.3. The Balaban J connectivity index is 1.28. The van der Waals surface area contributed by atoms with Gasteiger partial charge in [0.2, 0.25) is 5.95 Å². The third kappa shape index (κ3) is 4.91. The molecule has 4 rings (SSSR count). The molecule has 0 aliphatic carbocycles. The Morgan fingerprint density at radius 1 is 1.07 bits per heavy atom. The molecule has 30 heavy (non-hydrogen) atoms. The highest BCUT2D eigenvalue weighted by Gasteiger charge is 2.14. The van der Waals surface area contributed by atoms with Gasteiger partial charge >= 0.3 is 0 Å². The summed E-state index contributed by atoms with van der Waals surface area (Å²) in [5, 5.41) is 14.4. The monoisotopic (exact) mass is 406 g/mol. The van der Waals surface area contributed by atoms with E-state index in [1.54, 1.807) is 0 Å². The Bertz CT molecular complexity index is 982. The van der Waals surface area contributed by atoms with Crippen LogP contribution in [0, 0.1) is 6.92 Å². The summed E-state index contributed by atoms with van der Waals surface area (Å²) in [5.41, 5.74) is 2.01. The topological polar surface area (TPSA) is 101 Å². The number of hydrogen-bond donors (Lipinski definition) is 2. The molecule has 1 aromatic carbocycles. The molecule has 0 radical (unpaired) electrons. The van der Waals surface area contributed by atoms with Crippen molar-refractivity contribution in [3.8, 4) is 5.69 Å². The molecule has 1 aliphatic rings. The summed E-state index contributed by atoms with van der Waals surface area (Å²) in [6, 6.07) is 11.5. The van der Waals surface area contributed by atoms with E-state index >= 15 is 0 Å². The van der Waals surface area contributed by atoms with E-state index in [0.717, 1.165) is 30.3 Å². The molecule has 9 nitrogen and oxygen atoms in total. The van der Waals surface area contributed by atoms with Crippen molar-refractivity contribution in [2.24, 2.45) is 0 Å². The summed E-state index contributed by atoms with van der Waals surface area (Å²) in [4.78, 5) is 25.2. The Labute approximate surface area is 175 Å². The van der Waals surface area contributed by atoms with Crippen LogP contribution in [0.1, 0.15) is 35.4 Å². The van der Waals surface area contributed by atoms with Gasteiger partial charge in [-0.05, 0) is 38.3 Å². The minimum atomic E-state index is -0.266. The predicted molar refractivity (Wildman–Crippen MR) is 115 cm³/mol. The minimum absolute atomic E-state index is 0.266. The summed E-state index contributed by atoms with van der Waals surface area (Å²) in [6.45, 7) is 4.98. The van der Waals surface area contributed by atoms with E-state index in [0.29, 0.717) is 19.0 Å². The number of para-hydroxylation sites is 1. The lowest BCUT2D eigenvalue weighted by atomic mass is 10.1. The number of nitrogens with one attached hydrogen (secondary N) is 2. The number of aryl methyl sites for hydroxylation is 1. The standard InChI is InChI=1S/C21H26N8O/c1-16-14-19(28-12-6-3-7-13-28)26-21(25-16)23-11-10-22-20(30)18-15-24-29(27-18)17-8-4-2-5-9-17/h2,4-5,8-9,14-15H,3,6-7,10-13H2,1H3,(H,22,30)(H,23,25,26). The molecule has 156 valence electrons. The fourth-order valence-electron chi connectivity index (χ4n) is 3.41. The SMILES string of the molecule is Cc1cc(N2CCCCC2)nc(NCCNC(=O)c2cnn(-c3ccccc3)n2)n1. The molecule has 0 atom stereocenters. The summed E-state index contributed by atoms with van der Waals surface area (Å²) < 4.78 is 0. The van der Waals surface area contributed by atoms with Crippen molar-refractivity contribution in [1.82, 2.24) is 30.3 Å². The normalized spacial score (nSPS) is 13.8. The number of carbonyl (C=O) groups is 1. The summed E-state index contributed by atoms with van der Waals surface area (Å²) >= 11 is 0. The first-order valence-corrected chi connectivity index (χ1v) is 10.3. The van der Waals surface area contributed by atoms with Gasteiger partial charge in [-0.2, -0.15) is 14.9 Å². The number of amides is 1. The third-order valence-corrected chi connectivity index (χ3v) is 4.93. The molecule has 2 aromatic heterocycles. The number of hydrogen-bond acceptors (Lipinski definition) is 7. The maximum atomic E-state index is 12.3. The molecule has 1 amide bonds. The van der Waals surface area contributed by atoms with Gasteiger partial charge in [0.15, 0.2) is 5.69 Å². The molecule has 0 bridgehead atoms. The fraction of sp³-hybridized carbons (Fsp3) is 0.381. The molecule has 9 heteroatoms. The largest absolute Gasteiger partial charge is 0.356 e. The number of rotatable bonds is 7. The van der Waals surface area contributed by atoms with Crippen molar-refractivity contribution < 1.29 is 4.79 Å². The van der Waals surface area contributed by atoms with Gasteiger partial charge in [0.25, 0.3) is 5.91 Å². The first-order valence-electron chi connectivity index (χ1n) is 10.3. The second kappa shape index (κ2) is 9.34. The minimum Gasteiger partial charge on any atom is -0.356 e. The lowest BCUT2D eigenvalue weighted by Crippen LogP contribution is -2.31. The van der Waals surface area contributed by atoms with Crippen LogP contribution in [0.5, 0.6) is 0 Å². The van der Waals surface area contributed by atoms with Crippen LogP contribution in [-0.2, 0) is 0 Å². The van der Waals surface area contributed by atoms with E-state index < -0.39 is 0 Å². The number of carbonyl (C=O) groups excluding carboxylic acids is 1. The predicted octanol–water partition coefficient (Wildman–Crippen LogP) is 2.20. The van der Waals surface area contributed by atoms with Gasteiger partial charge in [0.1, 0.15) is 5.82 Å². The zero-order valence-electron chi connectivity index (χ0n) is 17.1. The maximum Gasteiger partial charge on any atom is 0.273 e. The molecule has 0 saturated carbocycles. The van der Waals surface area contributed by atoms with Crippen LogP contribution in [0.25, 0.3) is 5.69 Å². The van der Waals surface area contributed by atoms with E-state index in [9.17, 15) is 4.79 Å². The van der Waals surface area contributed by atoms with Crippen LogP contribution < -0.4 is 15.5 Å². The Morgan fingerprint density at radius 3 is 2.67 bits per heavy atom. The summed E-state index contributed by atoms with van der Waals surface area (Å²) in [5.74, 6) is 1.28. The summed E-state index contributed by atoms with van der Waals surface area (Å²) in [6.07, 6.45) is 5.15. The van der Waals surface area contributed by atoms with Crippen LogP contribution in [-0.4, -0.2) is 57.0 Å². The highest BCUT2D eigenvalue weighted by Crippen LogP contribution is 2.19. The van der Waals surface area contributed by atoms with Crippen molar-refractivity contribution in [1.29, 1.82) is 0 Å². The van der Waals surface area contributed by atoms with Gasteiger partial charge in [0.05, 0.1) is 11.9 Å². The van der Waals surface area contributed by atoms with Gasteiger partial charge in [0, 0.05) is 37.9 Å². The molecule has 0 unspecified atom stereocenters. The van der Waals surface area contributed by atoms with Gasteiger partial charge in [-0.3, -0.25) is 4.79 Å². The molecule has 0 spiro atoms. The van der Waals surface area contributed by atoms with E-state index in [1.807, 2.05) is 43.3 Å². The van der Waals surface area contributed by atoms with Crippen molar-refractivity contribution >= 4 is 17.7 Å². The number of anilines is 2. The highest BCUT2D eigenvalue weighted by molar-refractivity contribution is 5.91. The number of aromatic nitrogens is 5. The lowest BCUT2D eigenvalue weighted by Gasteiger charge is -2.28. The average Bonchev–Trinajstić information content (AvgIpc) is 3.28. The fourth-order valence-corrected chi connectivity index (χ4v) is 3.41. The Kier molecular flexibility index (Phi) is 6.17. The first kappa shape index (κ1) is 19.8. The lowest BCUT2D eigenvalue weighted by molar-refractivity contribution is 0.0949. The van der Waals surface area contributed by atoms with Crippen LogP contribution >= 0.6 is 0 Å². The average molecular weight is 406 g/mol. The smallest absolute Gasteiger partial charge is 0.273 e. The Morgan fingerprint density at radius 2 is 1.87 bits per heavy atom. The van der Waals surface area contributed by atoms with E-state index in [4.69, 9.17) is 0 Å². The zero-order chi connectivity index (χ0) is 20.8. The molecular weight excluding hydrogens is 380 g/mol. The molecule has 3 aromatic rings. The molecule has 1 fully saturated rings. The highest BCUT2D eigenvalue weighted by atomic mass is 16.2. The second-order valence-electron chi connectivity index (χ2n) is 7.28. The van der Waals surface area contributed by atoms with Crippen LogP contribution in [0.3, 0.4) is 0 Å². The van der Waals surface area contributed by atoms with Crippen LogP contribution in [0.15, 0.2) is 42.6 Å². The zero-order valence-corrected chi connectivity index (χ0v) is 17.1. The van der Waals surface area contributed by atoms with Crippen molar-refractivity contribution in [3.05, 3.63) is 54.0 Å². The molecule has 1 saturated heterocycles. The van der Waals surface area contributed by atoms with E-state index in [2.05, 4.69) is 35.7 Å². The molecule has 1 aliphatic heterocycles. The molecule has 3 heterocycles. The third-order valence-electron chi connectivity index (χ3n) is 4.93. The van der Waals surface area contributed by atoms with Crippen molar-refractivity contribution in [2.75, 3.05) is 36.4 Å². The van der Waals surface area contributed by atoms with Crippen molar-refractivity contribution in [3.63, 3.8) is 0 Å². The quantitative estimate of drug-likeness (QED) is 0.580. The van der Waals surface area contributed by atoms with Gasteiger partial charge in [-0.25, -0.2) is 4.98 Å². The summed E-state index contributed by atoms with van der Waals surface area (Å²) in [7, 11) is 0. The van der Waals surface area contributed by atoms with E-state index in [-0.39, 0.29) is 11.6 Å². The Hall–Kier alpha value is -3.49. The second-order valence-corrected chi connectivity index (χ2v) is 7.28. The molecule has 2 N–H and O–H groups in total. The van der Waals surface area contributed by atoms with Crippen molar-refractivity contribution in [2.45, 2.75) is 26.2 Å². The van der Waals surface area contributed by atoms with Gasteiger partial charge < -0.3 is 15.5 Å². The van der Waals surface area contributed by atoms with Crippen LogP contribution in [0.4, 0.5) is 11.8 Å². The van der Waals surface area contributed by atoms with Gasteiger partial charge in [-0.1, -0.05) is 18.2 Å². The first-order chi connectivity index (χ1) is 14.7. The number of nitrogens with zero attached hydrogens (tertiary/aromatic N) is 6. The molecular formula is C21H26N8O. The number of piperidine rings is 1. The van der Waals surface area contributed by atoms with Crippen LogP contribution in [0.2, 0.25) is 0 Å². The van der Waals surface area contributed by atoms with E-state index in [1.165, 1.54) is 30.3 Å². The number of benzene rings is 1.